The predicted molar refractivity (Wildman–Crippen MR) is 87.8 cm³/mol. The summed E-state index contributed by atoms with van der Waals surface area (Å²) in [6.07, 6.45) is 3.51. The highest BCUT2D eigenvalue weighted by Gasteiger charge is 2.08. The fourth-order valence-corrected chi connectivity index (χ4v) is 2.35. The summed E-state index contributed by atoms with van der Waals surface area (Å²) < 4.78 is 1.77. The first-order valence-corrected chi connectivity index (χ1v) is 7.31. The SMILES string of the molecule is c1ccc(-c2ccc3nnc(CNc4cccnc4)n3n2)cc1. The fraction of sp³-hybridized carbons (Fsp3) is 0.0588. The van der Waals surface area contributed by atoms with E-state index in [0.29, 0.717) is 6.54 Å². The predicted octanol–water partition coefficient (Wildman–Crippen LogP) is 2.80. The van der Waals surface area contributed by atoms with Gasteiger partial charge in [-0.1, -0.05) is 30.3 Å². The molecule has 6 nitrogen and oxygen atoms in total. The second kappa shape index (κ2) is 5.84. The average Bonchev–Trinajstić information content (AvgIpc) is 3.04. The molecule has 0 saturated heterocycles. The Bertz CT molecular complexity index is 918. The third-order valence-electron chi connectivity index (χ3n) is 3.51. The highest BCUT2D eigenvalue weighted by molar-refractivity contribution is 5.59. The van der Waals surface area contributed by atoms with Crippen LogP contribution in [0.25, 0.3) is 16.9 Å². The largest absolute Gasteiger partial charge is 0.376 e. The zero-order valence-corrected chi connectivity index (χ0v) is 12.3. The minimum Gasteiger partial charge on any atom is -0.376 e. The molecule has 1 aromatic carbocycles. The molecule has 0 aliphatic carbocycles. The highest BCUT2D eigenvalue weighted by atomic mass is 15.4. The van der Waals surface area contributed by atoms with Crippen molar-refractivity contribution in [2.24, 2.45) is 0 Å². The lowest BCUT2D eigenvalue weighted by molar-refractivity contribution is 0.832. The molecule has 3 aromatic heterocycles. The Labute approximate surface area is 132 Å². The second-order valence-electron chi connectivity index (χ2n) is 5.07. The van der Waals surface area contributed by atoms with Crippen LogP contribution in [-0.4, -0.2) is 24.8 Å². The van der Waals surface area contributed by atoms with Crippen molar-refractivity contribution in [3.05, 3.63) is 72.8 Å². The quantitative estimate of drug-likeness (QED) is 0.628. The van der Waals surface area contributed by atoms with Crippen molar-refractivity contribution >= 4 is 11.3 Å². The Kier molecular flexibility index (Phi) is 3.40. The van der Waals surface area contributed by atoms with E-state index in [9.17, 15) is 0 Å². The number of rotatable bonds is 4. The van der Waals surface area contributed by atoms with Crippen molar-refractivity contribution < 1.29 is 0 Å². The molecule has 0 unspecified atom stereocenters. The highest BCUT2D eigenvalue weighted by Crippen LogP contribution is 2.17. The molecule has 0 atom stereocenters. The first-order chi connectivity index (χ1) is 11.4. The number of pyridine rings is 1. The first kappa shape index (κ1) is 13.4. The van der Waals surface area contributed by atoms with Crippen LogP contribution in [0, 0.1) is 0 Å². The summed E-state index contributed by atoms with van der Waals surface area (Å²) >= 11 is 0. The smallest absolute Gasteiger partial charge is 0.178 e. The maximum Gasteiger partial charge on any atom is 0.178 e. The van der Waals surface area contributed by atoms with Crippen molar-refractivity contribution in [3.63, 3.8) is 0 Å². The third kappa shape index (κ3) is 2.74. The van der Waals surface area contributed by atoms with Gasteiger partial charge >= 0.3 is 0 Å². The molecule has 3 heterocycles. The summed E-state index contributed by atoms with van der Waals surface area (Å²) in [5, 5.41) is 16.3. The van der Waals surface area contributed by atoms with Crippen LogP contribution in [0.2, 0.25) is 0 Å². The van der Waals surface area contributed by atoms with Crippen LogP contribution >= 0.6 is 0 Å². The first-order valence-electron chi connectivity index (χ1n) is 7.31. The zero-order valence-electron chi connectivity index (χ0n) is 12.3. The number of anilines is 1. The monoisotopic (exact) mass is 302 g/mol. The van der Waals surface area contributed by atoms with Crippen LogP contribution in [0.5, 0.6) is 0 Å². The lowest BCUT2D eigenvalue weighted by Gasteiger charge is -2.05. The number of benzene rings is 1. The topological polar surface area (TPSA) is 68.0 Å². The van der Waals surface area contributed by atoms with Crippen LogP contribution < -0.4 is 5.32 Å². The van der Waals surface area contributed by atoms with Gasteiger partial charge in [-0.2, -0.15) is 9.61 Å². The van der Waals surface area contributed by atoms with Crippen molar-refractivity contribution in [1.82, 2.24) is 24.8 Å². The summed E-state index contributed by atoms with van der Waals surface area (Å²) in [7, 11) is 0. The molecule has 0 bridgehead atoms. The number of hydrogen-bond donors (Lipinski definition) is 1. The number of fused-ring (bicyclic) bond motifs is 1. The third-order valence-corrected chi connectivity index (χ3v) is 3.51. The molecule has 0 fully saturated rings. The maximum atomic E-state index is 4.65. The standard InChI is InChI=1S/C17H14N6/c1-2-5-13(6-3-1)15-8-9-16-20-21-17(23(16)22-15)12-19-14-7-4-10-18-11-14/h1-11,19H,12H2. The number of hydrogen-bond acceptors (Lipinski definition) is 5. The van der Waals surface area contributed by atoms with Gasteiger partial charge in [-0.15, -0.1) is 10.2 Å². The molecule has 0 spiro atoms. The molecule has 0 radical (unpaired) electrons. The number of nitrogens with one attached hydrogen (secondary N) is 1. The van der Waals surface area contributed by atoms with E-state index in [2.05, 4.69) is 25.6 Å². The van der Waals surface area contributed by atoms with E-state index in [-0.39, 0.29) is 0 Å². The summed E-state index contributed by atoms with van der Waals surface area (Å²) in [4.78, 5) is 4.08. The number of nitrogens with zero attached hydrogens (tertiary/aromatic N) is 5. The molecule has 4 rings (SSSR count). The second-order valence-corrected chi connectivity index (χ2v) is 5.07. The summed E-state index contributed by atoms with van der Waals surface area (Å²) in [6.45, 7) is 0.526. The van der Waals surface area contributed by atoms with Gasteiger partial charge in [0.25, 0.3) is 0 Å². The molecule has 0 amide bonds. The van der Waals surface area contributed by atoms with Gasteiger partial charge in [0.15, 0.2) is 11.5 Å². The molecule has 1 N–H and O–H groups in total. The molecule has 0 saturated carbocycles. The van der Waals surface area contributed by atoms with Crippen molar-refractivity contribution in [2.75, 3.05) is 5.32 Å². The van der Waals surface area contributed by atoms with E-state index in [4.69, 9.17) is 0 Å². The van der Waals surface area contributed by atoms with Gasteiger partial charge in [0, 0.05) is 18.0 Å². The van der Waals surface area contributed by atoms with E-state index < -0.39 is 0 Å². The fourth-order valence-electron chi connectivity index (χ4n) is 2.35. The van der Waals surface area contributed by atoms with Gasteiger partial charge in [-0.05, 0) is 24.3 Å². The molecule has 112 valence electrons. The van der Waals surface area contributed by atoms with Gasteiger partial charge in [-0.3, -0.25) is 4.98 Å². The average molecular weight is 302 g/mol. The summed E-state index contributed by atoms with van der Waals surface area (Å²) in [6, 6.07) is 17.8. The lowest BCUT2D eigenvalue weighted by atomic mass is 10.1. The zero-order chi connectivity index (χ0) is 15.5. The van der Waals surface area contributed by atoms with Crippen molar-refractivity contribution in [2.45, 2.75) is 6.54 Å². The van der Waals surface area contributed by atoms with E-state index >= 15 is 0 Å². The summed E-state index contributed by atoms with van der Waals surface area (Å²) in [5.41, 5.74) is 3.62. The minimum atomic E-state index is 0.526. The van der Waals surface area contributed by atoms with Gasteiger partial charge in [0.05, 0.1) is 17.9 Å². The minimum absolute atomic E-state index is 0.526. The van der Waals surface area contributed by atoms with Crippen LogP contribution in [-0.2, 0) is 6.54 Å². The lowest BCUT2D eigenvalue weighted by Crippen LogP contribution is -2.06. The molecule has 0 aliphatic rings. The van der Waals surface area contributed by atoms with Crippen LogP contribution in [0.4, 0.5) is 5.69 Å². The van der Waals surface area contributed by atoms with Crippen LogP contribution in [0.15, 0.2) is 67.0 Å². The molecule has 23 heavy (non-hydrogen) atoms. The Balaban J connectivity index is 1.65. The van der Waals surface area contributed by atoms with Crippen molar-refractivity contribution in [1.29, 1.82) is 0 Å². The Morgan fingerprint density at radius 3 is 2.65 bits per heavy atom. The van der Waals surface area contributed by atoms with Crippen molar-refractivity contribution in [3.8, 4) is 11.3 Å². The molecule has 6 heteroatoms. The molecular formula is C17H14N6. The van der Waals surface area contributed by atoms with Crippen LogP contribution in [0.1, 0.15) is 5.82 Å². The molecule has 4 aromatic rings. The van der Waals surface area contributed by atoms with Gasteiger partial charge < -0.3 is 5.32 Å². The van der Waals surface area contributed by atoms with E-state index in [1.54, 1.807) is 16.9 Å². The van der Waals surface area contributed by atoms with E-state index in [1.807, 2.05) is 54.6 Å². The van der Waals surface area contributed by atoms with Crippen LogP contribution in [0.3, 0.4) is 0 Å². The van der Waals surface area contributed by atoms with Gasteiger partial charge in [0.2, 0.25) is 0 Å². The van der Waals surface area contributed by atoms with Gasteiger partial charge in [0.1, 0.15) is 0 Å². The number of aromatic nitrogens is 5. The summed E-state index contributed by atoms with van der Waals surface area (Å²) in [5.74, 6) is 0.752. The Morgan fingerprint density at radius 2 is 1.83 bits per heavy atom. The molecular weight excluding hydrogens is 288 g/mol. The van der Waals surface area contributed by atoms with Gasteiger partial charge in [-0.25, -0.2) is 0 Å². The van der Waals surface area contributed by atoms with E-state index in [1.165, 1.54) is 0 Å². The van der Waals surface area contributed by atoms with E-state index in [0.717, 1.165) is 28.4 Å². The Morgan fingerprint density at radius 1 is 0.913 bits per heavy atom. The normalized spacial score (nSPS) is 10.8. The molecule has 0 aliphatic heterocycles. The maximum absolute atomic E-state index is 4.65. The Hall–Kier alpha value is -3.28.